The zero-order valence-electron chi connectivity index (χ0n) is 10.1. The minimum absolute atomic E-state index is 0.292. The molecule has 18 heavy (non-hydrogen) atoms. The van der Waals surface area contributed by atoms with Crippen molar-refractivity contribution in [2.75, 3.05) is 0 Å². The molecule has 1 aromatic carbocycles. The summed E-state index contributed by atoms with van der Waals surface area (Å²) in [6.07, 6.45) is 0. The van der Waals surface area contributed by atoms with Crippen molar-refractivity contribution in [3.05, 3.63) is 24.3 Å². The molecule has 0 aliphatic carbocycles. The van der Waals surface area contributed by atoms with E-state index < -0.39 is 33.4 Å². The van der Waals surface area contributed by atoms with Crippen LogP contribution in [0, 0.1) is 0 Å². The zero-order valence-corrected chi connectivity index (χ0v) is 12.7. The minimum atomic E-state index is -4.44. The maximum Gasteiger partial charge on any atom is 0.294 e. The van der Waals surface area contributed by atoms with E-state index in [0.29, 0.717) is 0 Å². The van der Waals surface area contributed by atoms with Crippen molar-refractivity contribution in [3.8, 4) is 0 Å². The lowest BCUT2D eigenvalue weighted by atomic mass is 10.4. The first-order valence-corrected chi connectivity index (χ1v) is 11.2. The summed E-state index contributed by atoms with van der Waals surface area (Å²) in [6, 6.07) is 4.40. The van der Waals surface area contributed by atoms with E-state index in [4.69, 9.17) is 8.42 Å². The van der Waals surface area contributed by atoms with Crippen molar-refractivity contribution < 1.29 is 25.3 Å². The molecule has 9 heteroatoms. The van der Waals surface area contributed by atoms with Gasteiger partial charge in [-0.3, -0.25) is 4.55 Å². The van der Waals surface area contributed by atoms with Crippen molar-refractivity contribution in [3.63, 3.8) is 0 Å². The van der Waals surface area contributed by atoms with Crippen molar-refractivity contribution in [1.29, 1.82) is 0 Å². The zero-order chi connectivity index (χ0) is 14.2. The molecule has 0 aromatic heterocycles. The van der Waals surface area contributed by atoms with Gasteiger partial charge in [0.25, 0.3) is 20.2 Å². The van der Waals surface area contributed by atoms with Gasteiger partial charge in [-0.05, 0) is 37.8 Å². The third-order valence-corrected chi connectivity index (χ3v) is 6.31. The molecule has 0 atom stereocenters. The molecule has 0 unspecified atom stereocenters. The Balaban J connectivity index is 3.28. The molecule has 102 valence electrons. The lowest BCUT2D eigenvalue weighted by molar-refractivity contribution is 0.482. The number of hydrogen-bond donors (Lipinski definition) is 1. The van der Waals surface area contributed by atoms with Crippen LogP contribution in [0.15, 0.2) is 34.1 Å². The number of rotatable bonds is 4. The second kappa shape index (κ2) is 4.74. The van der Waals surface area contributed by atoms with Crippen LogP contribution in [0.3, 0.4) is 0 Å². The average molecular weight is 310 g/mol. The maximum atomic E-state index is 11.9. The van der Waals surface area contributed by atoms with Gasteiger partial charge >= 0.3 is 0 Å². The van der Waals surface area contributed by atoms with E-state index in [2.05, 4.69) is 0 Å². The molecule has 0 radical (unpaired) electrons. The Morgan fingerprint density at radius 2 is 1.56 bits per heavy atom. The first kappa shape index (κ1) is 15.3. The third kappa shape index (κ3) is 4.17. The summed E-state index contributed by atoms with van der Waals surface area (Å²) in [7, 11) is -10.8. The lowest BCUT2D eigenvalue weighted by Gasteiger charge is -2.16. The minimum Gasteiger partial charge on any atom is -0.312 e. The molecule has 0 fully saturated rings. The van der Waals surface area contributed by atoms with Gasteiger partial charge in [0.1, 0.15) is 0 Å². The summed E-state index contributed by atoms with van der Waals surface area (Å²) in [5.74, 6) is 0. The van der Waals surface area contributed by atoms with E-state index in [9.17, 15) is 16.8 Å². The Hall–Kier alpha value is -0.743. The molecule has 0 saturated carbocycles. The van der Waals surface area contributed by atoms with Gasteiger partial charge in [-0.15, -0.1) is 0 Å². The Kier molecular flexibility index (Phi) is 4.03. The summed E-state index contributed by atoms with van der Waals surface area (Å²) < 4.78 is 59.4. The van der Waals surface area contributed by atoms with Gasteiger partial charge in [-0.2, -0.15) is 16.8 Å². The summed E-state index contributed by atoms with van der Waals surface area (Å²) >= 11 is 0. The third-order valence-electron chi connectivity index (χ3n) is 1.75. The van der Waals surface area contributed by atoms with Gasteiger partial charge in [-0.1, -0.05) is 6.07 Å². The lowest BCUT2D eigenvalue weighted by Crippen LogP contribution is -2.29. The van der Waals surface area contributed by atoms with Gasteiger partial charge < -0.3 is 3.87 Å². The molecular weight excluding hydrogens is 296 g/mol. The number of hydrogen-bond acceptors (Lipinski definition) is 5. The summed E-state index contributed by atoms with van der Waals surface area (Å²) in [4.78, 5) is -0.775. The Morgan fingerprint density at radius 3 is 2.00 bits per heavy atom. The topological polar surface area (TPSA) is 97.7 Å². The molecule has 1 rings (SSSR count). The molecule has 0 aliphatic heterocycles. The summed E-state index contributed by atoms with van der Waals surface area (Å²) in [6.45, 7) is 5.07. The van der Waals surface area contributed by atoms with Gasteiger partial charge in [0.15, 0.2) is 0 Å². The Bertz CT molecular complexity index is 642. The van der Waals surface area contributed by atoms with Crippen LogP contribution in [0.2, 0.25) is 19.6 Å². The molecule has 0 heterocycles. The van der Waals surface area contributed by atoms with Crippen molar-refractivity contribution in [2.24, 2.45) is 0 Å². The smallest absolute Gasteiger partial charge is 0.294 e. The highest BCUT2D eigenvalue weighted by molar-refractivity contribution is 7.88. The molecular formula is C9H14O6S2Si. The molecule has 1 N–H and O–H groups in total. The van der Waals surface area contributed by atoms with Crippen LogP contribution < -0.4 is 0 Å². The second-order valence-corrected chi connectivity index (χ2v) is 12.3. The highest BCUT2D eigenvalue weighted by Gasteiger charge is 2.26. The fourth-order valence-corrected chi connectivity index (χ4v) is 5.30. The predicted molar refractivity (Wildman–Crippen MR) is 67.9 cm³/mol. The summed E-state index contributed by atoms with van der Waals surface area (Å²) in [5, 5.41) is 0. The largest absolute Gasteiger partial charge is 0.312 e. The molecule has 0 spiro atoms. The van der Waals surface area contributed by atoms with Crippen LogP contribution in [-0.2, 0) is 24.1 Å². The number of benzene rings is 1. The van der Waals surface area contributed by atoms with Gasteiger partial charge in [0.05, 0.1) is 9.79 Å². The SMILES string of the molecule is C[Si](C)(C)OS(=O)(=O)c1cccc(S(=O)(=O)O)c1. The molecule has 0 saturated heterocycles. The first-order valence-electron chi connectivity index (χ1n) is 4.95. The normalized spacial score (nSPS) is 13.6. The maximum absolute atomic E-state index is 11.9. The quantitative estimate of drug-likeness (QED) is 0.668. The van der Waals surface area contributed by atoms with E-state index in [0.717, 1.165) is 12.1 Å². The monoisotopic (exact) mass is 310 g/mol. The Labute approximate surface area is 108 Å². The van der Waals surface area contributed by atoms with Crippen LogP contribution in [0.1, 0.15) is 0 Å². The van der Waals surface area contributed by atoms with Crippen molar-refractivity contribution >= 4 is 28.6 Å². The van der Waals surface area contributed by atoms with Gasteiger partial charge in [0, 0.05) is 0 Å². The average Bonchev–Trinajstić information content (AvgIpc) is 2.13. The highest BCUT2D eigenvalue weighted by atomic mass is 32.2. The van der Waals surface area contributed by atoms with Crippen molar-refractivity contribution in [2.45, 2.75) is 29.4 Å². The van der Waals surface area contributed by atoms with Gasteiger partial charge in [-0.25, -0.2) is 0 Å². The molecule has 0 aliphatic rings. The molecule has 1 aromatic rings. The summed E-state index contributed by atoms with van der Waals surface area (Å²) in [5.41, 5.74) is 0. The first-order chi connectivity index (χ1) is 7.92. The molecule has 0 bridgehead atoms. The van der Waals surface area contributed by atoms with E-state index >= 15 is 0 Å². The highest BCUT2D eigenvalue weighted by Crippen LogP contribution is 2.20. The van der Waals surface area contributed by atoms with Crippen LogP contribution in [-0.4, -0.2) is 29.7 Å². The van der Waals surface area contributed by atoms with Crippen LogP contribution in [0.5, 0.6) is 0 Å². The fourth-order valence-electron chi connectivity index (χ4n) is 1.17. The van der Waals surface area contributed by atoms with E-state index in [1.807, 2.05) is 0 Å². The van der Waals surface area contributed by atoms with Crippen LogP contribution in [0.25, 0.3) is 0 Å². The Morgan fingerprint density at radius 1 is 1.06 bits per heavy atom. The van der Waals surface area contributed by atoms with E-state index in [1.54, 1.807) is 19.6 Å². The van der Waals surface area contributed by atoms with E-state index in [-0.39, 0.29) is 4.90 Å². The van der Waals surface area contributed by atoms with Crippen molar-refractivity contribution in [1.82, 2.24) is 0 Å². The molecule has 6 nitrogen and oxygen atoms in total. The molecule has 0 amide bonds. The second-order valence-electron chi connectivity index (χ2n) is 4.60. The van der Waals surface area contributed by atoms with Crippen LogP contribution in [0.4, 0.5) is 0 Å². The standard InChI is InChI=1S/C9H14O6S2Si/c1-18(2,3)15-17(13,14)9-6-4-5-8(7-9)16(10,11)12/h4-7H,1-3H3,(H,10,11,12). The van der Waals surface area contributed by atoms with E-state index in [1.165, 1.54) is 12.1 Å². The van der Waals surface area contributed by atoms with Gasteiger partial charge in [0.2, 0.25) is 8.32 Å². The van der Waals surface area contributed by atoms with Crippen LogP contribution >= 0.6 is 0 Å². The predicted octanol–water partition coefficient (Wildman–Crippen LogP) is 1.47. The fraction of sp³-hybridized carbons (Fsp3) is 0.333.